The lowest BCUT2D eigenvalue weighted by atomic mass is 9.82. The average molecular weight is 598 g/mol. The van der Waals surface area contributed by atoms with Crippen LogP contribution in [0.15, 0.2) is 36.4 Å². The van der Waals surface area contributed by atoms with Crippen LogP contribution in [-0.2, 0) is 40.1 Å². The largest absolute Gasteiger partial charge is 0.439 e. The van der Waals surface area contributed by atoms with Crippen LogP contribution in [0.1, 0.15) is 84.9 Å². The summed E-state index contributed by atoms with van der Waals surface area (Å²) in [5, 5.41) is 0. The molecule has 1 aliphatic heterocycles. The molecule has 0 radical (unpaired) electrons. The van der Waals surface area contributed by atoms with Gasteiger partial charge in [0.1, 0.15) is 6.10 Å². The fraction of sp³-hybridized carbons (Fsp3) is 0.536. The monoisotopic (exact) mass is 597 g/mol. The summed E-state index contributed by atoms with van der Waals surface area (Å²) in [6, 6.07) is 2.97. The Balaban J connectivity index is 1.75. The first-order chi connectivity index (χ1) is 19.0. The number of halogens is 9. The summed E-state index contributed by atoms with van der Waals surface area (Å²) in [5.41, 5.74) is -5.02. The highest BCUT2D eigenvalue weighted by atomic mass is 19.4. The zero-order chi connectivity index (χ0) is 30.4. The number of hydrogen-bond acceptors (Lipinski definition) is 3. The Bertz CT molecular complexity index is 1230. The molecule has 2 aliphatic rings. The molecule has 41 heavy (non-hydrogen) atoms. The number of cyclic esters (lactones) is 1. The number of benzene rings is 2. The molecule has 1 aliphatic carbocycles. The van der Waals surface area contributed by atoms with Gasteiger partial charge in [0.05, 0.1) is 28.3 Å². The van der Waals surface area contributed by atoms with Crippen LogP contribution in [0.5, 0.6) is 0 Å². The SMILES string of the molecule is COC1(c2ccc(C(F)(F)F)cc2CN2C(=O)O[C@H](c3cc(C(F)(F)F)cc(C(F)(F)F)c3)[C@@H]2C)CCCCCC1. The first kappa shape index (κ1) is 31.0. The summed E-state index contributed by atoms with van der Waals surface area (Å²) in [5.74, 6) is 0. The Morgan fingerprint density at radius 1 is 0.829 bits per heavy atom. The summed E-state index contributed by atoms with van der Waals surface area (Å²) in [4.78, 5) is 13.9. The maximum atomic E-state index is 13.7. The van der Waals surface area contributed by atoms with Crippen molar-refractivity contribution in [1.29, 1.82) is 0 Å². The van der Waals surface area contributed by atoms with Crippen molar-refractivity contribution in [3.63, 3.8) is 0 Å². The first-order valence-electron chi connectivity index (χ1n) is 13.0. The van der Waals surface area contributed by atoms with Crippen LogP contribution in [-0.4, -0.2) is 24.1 Å². The molecule has 226 valence electrons. The normalized spacial score (nSPS) is 22.0. The van der Waals surface area contributed by atoms with Crippen molar-refractivity contribution in [1.82, 2.24) is 4.90 Å². The molecule has 13 heteroatoms. The summed E-state index contributed by atoms with van der Waals surface area (Å²) in [6.07, 6.45) is -13.1. The number of rotatable bonds is 5. The number of ether oxygens (including phenoxy) is 2. The molecule has 0 bridgehead atoms. The number of alkyl halides is 9. The van der Waals surface area contributed by atoms with Gasteiger partial charge in [0.15, 0.2) is 0 Å². The third-order valence-electron chi connectivity index (χ3n) is 7.90. The molecule has 4 rings (SSSR count). The van der Waals surface area contributed by atoms with Crippen molar-refractivity contribution in [3.05, 3.63) is 69.8 Å². The number of hydrogen-bond donors (Lipinski definition) is 0. The van der Waals surface area contributed by atoms with Gasteiger partial charge in [-0.15, -0.1) is 0 Å². The van der Waals surface area contributed by atoms with Gasteiger partial charge in [-0.25, -0.2) is 4.79 Å². The maximum Gasteiger partial charge on any atom is 0.416 e. The molecule has 1 saturated carbocycles. The Morgan fingerprint density at radius 3 is 1.85 bits per heavy atom. The standard InChI is InChI=1S/C28H28F9NO3/c1-16-23(17-11-20(27(32,33)34)14-21(12-17)28(35,36)37)41-24(39)38(16)15-18-13-19(26(29,30)31)7-8-22(18)25(40-2)9-5-3-4-6-10-25/h7-8,11-14,16,23H,3-6,9-10,15H2,1-2H3/t16-,23-/m0/s1. The second-order valence-electron chi connectivity index (χ2n) is 10.5. The van der Waals surface area contributed by atoms with Crippen LogP contribution in [0.25, 0.3) is 0 Å². The van der Waals surface area contributed by atoms with Crippen LogP contribution >= 0.6 is 0 Å². The number of carbonyl (C=O) groups excluding carboxylic acids is 1. The van der Waals surface area contributed by atoms with Crippen LogP contribution in [0.2, 0.25) is 0 Å². The van der Waals surface area contributed by atoms with E-state index >= 15 is 0 Å². The highest BCUT2D eigenvalue weighted by Gasteiger charge is 2.45. The van der Waals surface area contributed by atoms with Crippen molar-refractivity contribution >= 4 is 6.09 Å². The Hall–Kier alpha value is -2.96. The number of methoxy groups -OCH3 is 1. The Labute approximate surface area is 230 Å². The highest BCUT2D eigenvalue weighted by molar-refractivity contribution is 5.71. The van der Waals surface area contributed by atoms with Gasteiger partial charge >= 0.3 is 24.6 Å². The fourth-order valence-electron chi connectivity index (χ4n) is 5.71. The molecule has 2 aromatic carbocycles. The van der Waals surface area contributed by atoms with E-state index < -0.39 is 71.2 Å². The molecule has 2 aromatic rings. The van der Waals surface area contributed by atoms with Gasteiger partial charge in [-0.2, -0.15) is 39.5 Å². The molecular formula is C28H28F9NO3. The van der Waals surface area contributed by atoms with E-state index in [-0.39, 0.29) is 11.6 Å². The van der Waals surface area contributed by atoms with Crippen molar-refractivity contribution in [2.75, 3.05) is 7.11 Å². The number of nitrogens with zero attached hydrogens (tertiary/aromatic N) is 1. The van der Waals surface area contributed by atoms with Gasteiger partial charge in [0, 0.05) is 13.7 Å². The second-order valence-corrected chi connectivity index (χ2v) is 10.5. The van der Waals surface area contributed by atoms with Crippen LogP contribution in [0.3, 0.4) is 0 Å². The van der Waals surface area contributed by atoms with E-state index in [0.717, 1.165) is 42.7 Å². The van der Waals surface area contributed by atoms with Gasteiger partial charge in [-0.3, -0.25) is 4.90 Å². The molecule has 0 spiro atoms. The lowest BCUT2D eigenvalue weighted by molar-refractivity contribution is -0.143. The minimum atomic E-state index is -5.11. The third-order valence-corrected chi connectivity index (χ3v) is 7.90. The topological polar surface area (TPSA) is 38.8 Å². The van der Waals surface area contributed by atoms with Crippen molar-refractivity contribution in [2.45, 2.75) is 88.3 Å². The van der Waals surface area contributed by atoms with Crippen molar-refractivity contribution in [3.8, 4) is 0 Å². The van der Waals surface area contributed by atoms with Gasteiger partial charge in [0.2, 0.25) is 0 Å². The molecule has 2 fully saturated rings. The average Bonchev–Trinajstić information content (AvgIpc) is 3.04. The molecule has 1 amide bonds. The quantitative estimate of drug-likeness (QED) is 0.255. The van der Waals surface area contributed by atoms with E-state index in [1.165, 1.54) is 20.1 Å². The minimum Gasteiger partial charge on any atom is -0.439 e. The second kappa shape index (κ2) is 11.0. The third kappa shape index (κ3) is 6.44. The number of amides is 1. The van der Waals surface area contributed by atoms with Gasteiger partial charge in [-0.05, 0) is 66.8 Å². The lowest BCUT2D eigenvalue weighted by Gasteiger charge is -2.35. The van der Waals surface area contributed by atoms with E-state index in [2.05, 4.69) is 0 Å². The molecular weight excluding hydrogens is 569 g/mol. The fourth-order valence-corrected chi connectivity index (χ4v) is 5.71. The molecule has 2 atom stereocenters. The van der Waals surface area contributed by atoms with Crippen LogP contribution in [0, 0.1) is 0 Å². The van der Waals surface area contributed by atoms with E-state index in [1.54, 1.807) is 0 Å². The number of carbonyl (C=O) groups is 1. The maximum absolute atomic E-state index is 13.7. The smallest absolute Gasteiger partial charge is 0.416 e. The van der Waals surface area contributed by atoms with E-state index in [1.807, 2.05) is 0 Å². The van der Waals surface area contributed by atoms with Gasteiger partial charge in [0.25, 0.3) is 0 Å². The summed E-state index contributed by atoms with van der Waals surface area (Å²) in [7, 11) is 1.46. The summed E-state index contributed by atoms with van der Waals surface area (Å²) < 4.78 is 133. The molecule has 0 unspecified atom stereocenters. The molecule has 4 nitrogen and oxygen atoms in total. The molecule has 1 heterocycles. The molecule has 1 saturated heterocycles. The molecule has 0 N–H and O–H groups in total. The van der Waals surface area contributed by atoms with Crippen LogP contribution < -0.4 is 0 Å². The lowest BCUT2D eigenvalue weighted by Crippen LogP contribution is -2.35. The van der Waals surface area contributed by atoms with E-state index in [9.17, 15) is 44.3 Å². The summed E-state index contributed by atoms with van der Waals surface area (Å²) in [6.45, 7) is 0.931. The first-order valence-corrected chi connectivity index (χ1v) is 13.0. The predicted octanol–water partition coefficient (Wildman–Crippen LogP) is 9.02. The Kier molecular flexibility index (Phi) is 8.34. The zero-order valence-electron chi connectivity index (χ0n) is 22.1. The van der Waals surface area contributed by atoms with E-state index in [4.69, 9.17) is 9.47 Å². The highest BCUT2D eigenvalue weighted by Crippen LogP contribution is 2.45. The predicted molar refractivity (Wildman–Crippen MR) is 129 cm³/mol. The Morgan fingerprint density at radius 2 is 1.37 bits per heavy atom. The van der Waals surface area contributed by atoms with Gasteiger partial charge < -0.3 is 9.47 Å². The van der Waals surface area contributed by atoms with Crippen LogP contribution in [0.4, 0.5) is 44.3 Å². The van der Waals surface area contributed by atoms with E-state index in [0.29, 0.717) is 30.5 Å². The van der Waals surface area contributed by atoms with Crippen molar-refractivity contribution < 1.29 is 53.8 Å². The minimum absolute atomic E-state index is 0.0332. The van der Waals surface area contributed by atoms with Crippen molar-refractivity contribution in [2.24, 2.45) is 0 Å². The summed E-state index contributed by atoms with van der Waals surface area (Å²) >= 11 is 0. The molecule has 0 aromatic heterocycles. The zero-order valence-corrected chi connectivity index (χ0v) is 22.1. The van der Waals surface area contributed by atoms with Gasteiger partial charge in [-0.1, -0.05) is 31.7 Å².